The van der Waals surface area contributed by atoms with Crippen LogP contribution in [0.2, 0.25) is 0 Å². The highest BCUT2D eigenvalue weighted by atomic mass is 16.6. The molecule has 0 spiro atoms. The zero-order valence-corrected chi connectivity index (χ0v) is 11.3. The maximum atomic E-state index is 11.5. The van der Waals surface area contributed by atoms with E-state index >= 15 is 0 Å². The van der Waals surface area contributed by atoms with Gasteiger partial charge in [-0.15, -0.1) is 0 Å². The molecule has 0 amide bonds. The number of carboxylic acids is 1. The summed E-state index contributed by atoms with van der Waals surface area (Å²) in [5, 5.41) is 20.3. The van der Waals surface area contributed by atoms with Crippen LogP contribution in [0.5, 0.6) is 5.75 Å². The zero-order chi connectivity index (χ0) is 14.9. The molecule has 2 rings (SSSR count). The molecule has 1 fully saturated rings. The van der Waals surface area contributed by atoms with Gasteiger partial charge in [0, 0.05) is 24.4 Å². The lowest BCUT2D eigenvalue weighted by atomic mass is 9.98. The van der Waals surface area contributed by atoms with Crippen molar-refractivity contribution in [3.05, 3.63) is 28.3 Å². The number of benzene rings is 1. The topological polar surface area (TPSA) is 92.9 Å². The van der Waals surface area contributed by atoms with Crippen LogP contribution in [0.1, 0.15) is 19.8 Å². The molecule has 0 aliphatic carbocycles. The SMILES string of the molecule is COc1cc(N2CCCC2(C)C(=O)O)ccc1[N+](=O)[O-]. The maximum Gasteiger partial charge on any atom is 0.329 e. The van der Waals surface area contributed by atoms with E-state index in [2.05, 4.69) is 0 Å². The van der Waals surface area contributed by atoms with Crippen molar-refractivity contribution >= 4 is 17.3 Å². The molecule has 0 aromatic heterocycles. The Balaban J connectivity index is 2.43. The number of nitrogens with zero attached hydrogens (tertiary/aromatic N) is 2. The van der Waals surface area contributed by atoms with Gasteiger partial charge in [-0.3, -0.25) is 10.1 Å². The number of carboxylic acid groups (broad SMARTS) is 1. The van der Waals surface area contributed by atoms with Crippen molar-refractivity contribution in [2.75, 3.05) is 18.6 Å². The van der Waals surface area contributed by atoms with E-state index in [9.17, 15) is 20.0 Å². The van der Waals surface area contributed by atoms with E-state index < -0.39 is 16.4 Å². The molecular weight excluding hydrogens is 264 g/mol. The molecule has 1 aliphatic heterocycles. The van der Waals surface area contributed by atoms with Crippen molar-refractivity contribution in [1.82, 2.24) is 0 Å². The predicted molar refractivity (Wildman–Crippen MR) is 72.3 cm³/mol. The number of hydrogen-bond acceptors (Lipinski definition) is 5. The monoisotopic (exact) mass is 280 g/mol. The van der Waals surface area contributed by atoms with Crippen LogP contribution in [0.15, 0.2) is 18.2 Å². The van der Waals surface area contributed by atoms with Crippen LogP contribution in [0.4, 0.5) is 11.4 Å². The fourth-order valence-corrected chi connectivity index (χ4v) is 2.58. The first kappa shape index (κ1) is 14.1. The fraction of sp³-hybridized carbons (Fsp3) is 0.462. The Labute approximate surface area is 115 Å². The Bertz CT molecular complexity index is 560. The van der Waals surface area contributed by atoms with E-state index in [4.69, 9.17) is 4.74 Å². The average molecular weight is 280 g/mol. The van der Waals surface area contributed by atoms with E-state index in [-0.39, 0.29) is 11.4 Å². The quantitative estimate of drug-likeness (QED) is 0.670. The number of methoxy groups -OCH3 is 1. The van der Waals surface area contributed by atoms with Gasteiger partial charge < -0.3 is 14.7 Å². The number of nitro groups is 1. The minimum atomic E-state index is -0.985. The van der Waals surface area contributed by atoms with E-state index in [1.807, 2.05) is 0 Å². The van der Waals surface area contributed by atoms with Crippen molar-refractivity contribution in [2.45, 2.75) is 25.3 Å². The summed E-state index contributed by atoms with van der Waals surface area (Å²) in [6.07, 6.45) is 1.31. The average Bonchev–Trinajstić information content (AvgIpc) is 2.81. The third-order valence-corrected chi connectivity index (χ3v) is 3.77. The minimum Gasteiger partial charge on any atom is -0.490 e. The van der Waals surface area contributed by atoms with E-state index in [0.29, 0.717) is 18.7 Å². The summed E-state index contributed by atoms with van der Waals surface area (Å²) in [4.78, 5) is 23.5. The second-order valence-electron chi connectivity index (χ2n) is 4.95. The number of anilines is 1. The van der Waals surface area contributed by atoms with Gasteiger partial charge in [-0.1, -0.05) is 0 Å². The highest BCUT2D eigenvalue weighted by Gasteiger charge is 2.43. The molecule has 7 nitrogen and oxygen atoms in total. The van der Waals surface area contributed by atoms with Gasteiger partial charge in [0.25, 0.3) is 0 Å². The predicted octanol–water partition coefficient (Wildman–Crippen LogP) is 2.05. The van der Waals surface area contributed by atoms with Crippen LogP contribution >= 0.6 is 0 Å². The normalized spacial score (nSPS) is 21.8. The van der Waals surface area contributed by atoms with Gasteiger partial charge in [0.2, 0.25) is 0 Å². The summed E-state index contributed by atoms with van der Waals surface area (Å²) in [5.41, 5.74) is -0.497. The van der Waals surface area contributed by atoms with E-state index in [1.165, 1.54) is 19.2 Å². The van der Waals surface area contributed by atoms with Crippen LogP contribution in [-0.4, -0.2) is 35.2 Å². The number of aliphatic carboxylic acids is 1. The summed E-state index contributed by atoms with van der Waals surface area (Å²) in [7, 11) is 1.35. The largest absolute Gasteiger partial charge is 0.490 e. The first-order valence-electron chi connectivity index (χ1n) is 6.23. The van der Waals surface area contributed by atoms with Gasteiger partial charge in [-0.2, -0.15) is 0 Å². The van der Waals surface area contributed by atoms with E-state index in [1.54, 1.807) is 17.9 Å². The molecule has 0 radical (unpaired) electrons. The lowest BCUT2D eigenvalue weighted by molar-refractivity contribution is -0.385. The Morgan fingerprint density at radius 3 is 2.80 bits per heavy atom. The summed E-state index contributed by atoms with van der Waals surface area (Å²) >= 11 is 0. The summed E-state index contributed by atoms with van der Waals surface area (Å²) < 4.78 is 5.02. The molecule has 1 atom stereocenters. The van der Waals surface area contributed by atoms with Crippen LogP contribution in [0, 0.1) is 10.1 Å². The molecular formula is C13H16N2O5. The van der Waals surface area contributed by atoms with E-state index in [0.717, 1.165) is 6.42 Å². The molecule has 1 aliphatic rings. The molecule has 1 aromatic rings. The van der Waals surface area contributed by atoms with Crippen molar-refractivity contribution in [3.8, 4) is 5.75 Å². The first-order valence-corrected chi connectivity index (χ1v) is 6.23. The first-order chi connectivity index (χ1) is 9.40. The molecule has 0 bridgehead atoms. The number of nitro benzene ring substituents is 1. The molecule has 108 valence electrons. The zero-order valence-electron chi connectivity index (χ0n) is 11.3. The standard InChI is InChI=1S/C13H16N2O5/c1-13(12(16)17)6-3-7-14(13)9-4-5-10(15(18)19)11(8-9)20-2/h4-5,8H,3,6-7H2,1-2H3,(H,16,17). The minimum absolute atomic E-state index is 0.132. The van der Waals surface area contributed by atoms with Crippen molar-refractivity contribution in [1.29, 1.82) is 0 Å². The van der Waals surface area contributed by atoms with Crippen molar-refractivity contribution in [3.63, 3.8) is 0 Å². The summed E-state index contributed by atoms with van der Waals surface area (Å²) in [5.74, 6) is -0.764. The highest BCUT2D eigenvalue weighted by Crippen LogP contribution is 2.38. The van der Waals surface area contributed by atoms with Gasteiger partial charge in [-0.05, 0) is 25.8 Å². The molecule has 0 saturated carbocycles. The smallest absolute Gasteiger partial charge is 0.329 e. The van der Waals surface area contributed by atoms with Crippen molar-refractivity contribution in [2.24, 2.45) is 0 Å². The number of carbonyl (C=O) groups is 1. The second-order valence-corrected chi connectivity index (χ2v) is 4.95. The van der Waals surface area contributed by atoms with Crippen LogP contribution in [-0.2, 0) is 4.79 Å². The molecule has 1 N–H and O–H groups in total. The number of hydrogen-bond donors (Lipinski definition) is 1. The summed E-state index contributed by atoms with van der Waals surface area (Å²) in [6.45, 7) is 2.26. The van der Waals surface area contributed by atoms with Gasteiger partial charge in [0.05, 0.1) is 12.0 Å². The number of ether oxygens (including phenoxy) is 1. The van der Waals surface area contributed by atoms with Gasteiger partial charge in [-0.25, -0.2) is 4.79 Å². The fourth-order valence-electron chi connectivity index (χ4n) is 2.58. The summed E-state index contributed by atoms with van der Waals surface area (Å²) in [6, 6.07) is 4.42. The lowest BCUT2D eigenvalue weighted by Gasteiger charge is -2.33. The van der Waals surface area contributed by atoms with Crippen LogP contribution in [0.3, 0.4) is 0 Å². The van der Waals surface area contributed by atoms with Crippen molar-refractivity contribution < 1.29 is 19.6 Å². The second kappa shape index (κ2) is 4.99. The Morgan fingerprint density at radius 1 is 1.55 bits per heavy atom. The molecule has 1 unspecified atom stereocenters. The van der Waals surface area contributed by atoms with Crippen LogP contribution in [0.25, 0.3) is 0 Å². The molecule has 1 heterocycles. The lowest BCUT2D eigenvalue weighted by Crippen LogP contribution is -2.48. The van der Waals surface area contributed by atoms with Gasteiger partial charge in [0.1, 0.15) is 5.54 Å². The third-order valence-electron chi connectivity index (χ3n) is 3.77. The Hall–Kier alpha value is -2.31. The Morgan fingerprint density at radius 2 is 2.25 bits per heavy atom. The molecule has 1 aromatic carbocycles. The van der Waals surface area contributed by atoms with Crippen LogP contribution < -0.4 is 9.64 Å². The molecule has 1 saturated heterocycles. The van der Waals surface area contributed by atoms with Gasteiger partial charge in [0.15, 0.2) is 5.75 Å². The molecule has 20 heavy (non-hydrogen) atoms. The molecule has 7 heteroatoms. The highest BCUT2D eigenvalue weighted by molar-refractivity contribution is 5.84. The third kappa shape index (κ3) is 2.15. The van der Waals surface area contributed by atoms with Gasteiger partial charge >= 0.3 is 11.7 Å². The maximum absolute atomic E-state index is 11.5. The number of rotatable bonds is 4. The Kier molecular flexibility index (Phi) is 3.52.